The molecule has 3 aromatic rings. The SMILES string of the molecule is Cc1ccc(-c2nc3ccccc3c(=O)n2CN2CCCCC2)cc1. The van der Waals surface area contributed by atoms with E-state index in [0.29, 0.717) is 12.1 Å². The lowest BCUT2D eigenvalue weighted by atomic mass is 10.1. The second kappa shape index (κ2) is 6.81. The molecule has 0 aliphatic carbocycles. The zero-order valence-corrected chi connectivity index (χ0v) is 14.6. The molecule has 0 radical (unpaired) electrons. The van der Waals surface area contributed by atoms with Gasteiger partial charge in [-0.15, -0.1) is 0 Å². The van der Waals surface area contributed by atoms with Gasteiger partial charge in [-0.3, -0.25) is 14.3 Å². The second-order valence-electron chi connectivity index (χ2n) is 6.87. The Balaban J connectivity index is 1.87. The summed E-state index contributed by atoms with van der Waals surface area (Å²) >= 11 is 0. The lowest BCUT2D eigenvalue weighted by Gasteiger charge is -2.28. The van der Waals surface area contributed by atoms with Gasteiger partial charge in [0, 0.05) is 5.56 Å². The normalized spacial score (nSPS) is 15.6. The molecular formula is C21H23N3O. The largest absolute Gasteiger partial charge is 0.286 e. The maximum atomic E-state index is 13.2. The number of hydrogen-bond donors (Lipinski definition) is 0. The first kappa shape index (κ1) is 16.0. The van der Waals surface area contributed by atoms with Crippen molar-refractivity contribution < 1.29 is 0 Å². The van der Waals surface area contributed by atoms with Gasteiger partial charge in [0.05, 0.1) is 17.6 Å². The Morgan fingerprint density at radius 3 is 2.44 bits per heavy atom. The molecule has 0 spiro atoms. The molecule has 25 heavy (non-hydrogen) atoms. The van der Waals surface area contributed by atoms with Crippen LogP contribution >= 0.6 is 0 Å². The van der Waals surface area contributed by atoms with E-state index >= 15 is 0 Å². The number of para-hydroxylation sites is 1. The maximum absolute atomic E-state index is 13.2. The summed E-state index contributed by atoms with van der Waals surface area (Å²) in [5, 5.41) is 0.690. The van der Waals surface area contributed by atoms with Gasteiger partial charge in [0.15, 0.2) is 0 Å². The number of nitrogens with zero attached hydrogens (tertiary/aromatic N) is 3. The number of aryl methyl sites for hydroxylation is 1. The molecule has 1 saturated heterocycles. The van der Waals surface area contributed by atoms with Gasteiger partial charge in [-0.05, 0) is 45.0 Å². The van der Waals surface area contributed by atoms with Crippen LogP contribution in [0, 0.1) is 6.92 Å². The van der Waals surface area contributed by atoms with Crippen LogP contribution in [0.15, 0.2) is 53.3 Å². The van der Waals surface area contributed by atoms with E-state index in [9.17, 15) is 4.79 Å². The Morgan fingerprint density at radius 2 is 1.68 bits per heavy atom. The van der Waals surface area contributed by atoms with Gasteiger partial charge < -0.3 is 0 Å². The number of piperidine rings is 1. The van der Waals surface area contributed by atoms with Gasteiger partial charge in [-0.25, -0.2) is 4.98 Å². The van der Waals surface area contributed by atoms with E-state index < -0.39 is 0 Å². The summed E-state index contributed by atoms with van der Waals surface area (Å²) in [6, 6.07) is 15.9. The first-order chi connectivity index (χ1) is 12.2. The molecule has 4 nitrogen and oxygen atoms in total. The zero-order chi connectivity index (χ0) is 17.2. The van der Waals surface area contributed by atoms with Gasteiger partial charge in [0.1, 0.15) is 5.82 Å². The molecule has 1 aliphatic heterocycles. The van der Waals surface area contributed by atoms with Gasteiger partial charge >= 0.3 is 0 Å². The minimum atomic E-state index is 0.0479. The summed E-state index contributed by atoms with van der Waals surface area (Å²) in [4.78, 5) is 20.4. The summed E-state index contributed by atoms with van der Waals surface area (Å²) in [5.74, 6) is 0.759. The molecule has 128 valence electrons. The number of benzene rings is 2. The highest BCUT2D eigenvalue weighted by Gasteiger charge is 2.17. The Labute approximate surface area is 147 Å². The quantitative estimate of drug-likeness (QED) is 0.731. The topological polar surface area (TPSA) is 38.1 Å². The Bertz CT molecular complexity index is 938. The fourth-order valence-corrected chi connectivity index (χ4v) is 3.52. The third kappa shape index (κ3) is 3.22. The van der Waals surface area contributed by atoms with Crippen LogP contribution in [0.1, 0.15) is 24.8 Å². The highest BCUT2D eigenvalue weighted by Crippen LogP contribution is 2.20. The van der Waals surface area contributed by atoms with E-state index in [0.717, 1.165) is 30.0 Å². The van der Waals surface area contributed by atoms with E-state index in [2.05, 4.69) is 36.1 Å². The highest BCUT2D eigenvalue weighted by atomic mass is 16.1. The molecule has 0 unspecified atom stereocenters. The molecule has 0 saturated carbocycles. The number of aromatic nitrogens is 2. The number of rotatable bonds is 3. The Kier molecular flexibility index (Phi) is 4.36. The standard InChI is InChI=1S/C21H23N3O/c1-16-9-11-17(12-10-16)20-22-19-8-4-3-7-18(19)21(25)24(20)15-23-13-5-2-6-14-23/h3-4,7-12H,2,5-6,13-15H2,1H3. The third-order valence-corrected chi connectivity index (χ3v) is 4.96. The lowest BCUT2D eigenvalue weighted by molar-refractivity contribution is 0.180. The number of hydrogen-bond acceptors (Lipinski definition) is 3. The summed E-state index contributed by atoms with van der Waals surface area (Å²) in [6.45, 7) is 4.78. The predicted molar refractivity (Wildman–Crippen MR) is 102 cm³/mol. The van der Waals surface area contributed by atoms with Gasteiger partial charge in [-0.1, -0.05) is 48.4 Å². The van der Waals surface area contributed by atoms with Crippen molar-refractivity contribution in [3.8, 4) is 11.4 Å². The van der Waals surface area contributed by atoms with E-state index in [1.807, 2.05) is 28.8 Å². The van der Waals surface area contributed by atoms with E-state index in [4.69, 9.17) is 4.98 Å². The molecule has 1 aromatic heterocycles. The molecule has 0 N–H and O–H groups in total. The molecule has 1 fully saturated rings. The fraction of sp³-hybridized carbons (Fsp3) is 0.333. The summed E-state index contributed by atoms with van der Waals surface area (Å²) < 4.78 is 1.85. The van der Waals surface area contributed by atoms with Gasteiger partial charge in [0.25, 0.3) is 5.56 Å². The van der Waals surface area contributed by atoms with Crippen LogP contribution in [-0.4, -0.2) is 27.5 Å². The average molecular weight is 333 g/mol. The minimum absolute atomic E-state index is 0.0479. The maximum Gasteiger partial charge on any atom is 0.262 e. The second-order valence-corrected chi connectivity index (χ2v) is 6.87. The van der Waals surface area contributed by atoms with Crippen molar-refractivity contribution >= 4 is 10.9 Å². The molecule has 0 bridgehead atoms. The van der Waals surface area contributed by atoms with Crippen molar-refractivity contribution in [2.75, 3.05) is 13.1 Å². The molecular weight excluding hydrogens is 310 g/mol. The van der Waals surface area contributed by atoms with Crippen LogP contribution in [0.5, 0.6) is 0 Å². The van der Waals surface area contributed by atoms with Crippen LogP contribution in [0.3, 0.4) is 0 Å². The summed E-state index contributed by atoms with van der Waals surface area (Å²) in [5.41, 5.74) is 3.00. The zero-order valence-electron chi connectivity index (χ0n) is 14.6. The molecule has 0 atom stereocenters. The molecule has 2 aromatic carbocycles. The summed E-state index contributed by atoms with van der Waals surface area (Å²) in [7, 11) is 0. The van der Waals surface area contributed by atoms with Crippen molar-refractivity contribution in [2.45, 2.75) is 32.9 Å². The highest BCUT2D eigenvalue weighted by molar-refractivity contribution is 5.79. The Morgan fingerprint density at radius 1 is 0.960 bits per heavy atom. The molecule has 0 amide bonds. The third-order valence-electron chi connectivity index (χ3n) is 4.96. The predicted octanol–water partition coefficient (Wildman–Crippen LogP) is 3.82. The smallest absolute Gasteiger partial charge is 0.262 e. The first-order valence-electron chi connectivity index (χ1n) is 9.01. The van der Waals surface area contributed by atoms with Crippen molar-refractivity contribution in [3.05, 3.63) is 64.4 Å². The summed E-state index contributed by atoms with van der Waals surface area (Å²) in [6.07, 6.45) is 3.69. The van der Waals surface area contributed by atoms with Gasteiger partial charge in [0.2, 0.25) is 0 Å². The molecule has 2 heterocycles. The van der Waals surface area contributed by atoms with Crippen molar-refractivity contribution in [2.24, 2.45) is 0 Å². The number of fused-ring (bicyclic) bond motifs is 1. The molecule has 4 rings (SSSR count). The fourth-order valence-electron chi connectivity index (χ4n) is 3.52. The van der Waals surface area contributed by atoms with Crippen molar-refractivity contribution in [3.63, 3.8) is 0 Å². The van der Waals surface area contributed by atoms with Gasteiger partial charge in [-0.2, -0.15) is 0 Å². The van der Waals surface area contributed by atoms with E-state index in [-0.39, 0.29) is 5.56 Å². The van der Waals surface area contributed by atoms with Crippen molar-refractivity contribution in [1.29, 1.82) is 0 Å². The Hall–Kier alpha value is -2.46. The van der Waals surface area contributed by atoms with Crippen LogP contribution in [-0.2, 0) is 6.67 Å². The van der Waals surface area contributed by atoms with Crippen LogP contribution in [0.4, 0.5) is 0 Å². The average Bonchev–Trinajstić information content (AvgIpc) is 2.65. The van der Waals surface area contributed by atoms with Crippen molar-refractivity contribution in [1.82, 2.24) is 14.5 Å². The van der Waals surface area contributed by atoms with E-state index in [1.54, 1.807) is 0 Å². The monoisotopic (exact) mass is 333 g/mol. The van der Waals surface area contributed by atoms with Crippen LogP contribution in [0.2, 0.25) is 0 Å². The van der Waals surface area contributed by atoms with Crippen LogP contribution in [0.25, 0.3) is 22.3 Å². The molecule has 4 heteroatoms. The van der Waals surface area contributed by atoms with Crippen LogP contribution < -0.4 is 5.56 Å². The lowest BCUT2D eigenvalue weighted by Crippen LogP contribution is -2.36. The minimum Gasteiger partial charge on any atom is -0.286 e. The van der Waals surface area contributed by atoms with E-state index in [1.165, 1.54) is 24.8 Å². The molecule has 1 aliphatic rings. The first-order valence-corrected chi connectivity index (χ1v) is 9.01. The number of likely N-dealkylation sites (tertiary alicyclic amines) is 1.